The average molecular weight is 416 g/mol. The van der Waals surface area contributed by atoms with Crippen LogP contribution in [0.5, 0.6) is 0 Å². The first-order valence-corrected chi connectivity index (χ1v) is 11.5. The second kappa shape index (κ2) is 10.2. The van der Waals surface area contributed by atoms with Crippen LogP contribution in [0.1, 0.15) is 67.0 Å². The second-order valence-electron chi connectivity index (χ2n) is 8.61. The maximum absolute atomic E-state index is 13.8. The van der Waals surface area contributed by atoms with Crippen molar-refractivity contribution in [2.75, 3.05) is 6.61 Å². The Balaban J connectivity index is 1.59. The van der Waals surface area contributed by atoms with Crippen molar-refractivity contribution in [3.05, 3.63) is 112 Å². The number of ether oxygens (including phenoxy) is 1. The van der Waals surface area contributed by atoms with Crippen molar-refractivity contribution in [2.24, 2.45) is 0 Å². The molecule has 4 unspecified atom stereocenters. The lowest BCUT2D eigenvalue weighted by atomic mass is 9.90. The first-order valence-electron chi connectivity index (χ1n) is 11.5. The van der Waals surface area contributed by atoms with Gasteiger partial charge in [0.25, 0.3) is 0 Å². The van der Waals surface area contributed by atoms with Gasteiger partial charge in [0.05, 0.1) is 0 Å². The lowest BCUT2D eigenvalue weighted by Crippen LogP contribution is -3.14. The van der Waals surface area contributed by atoms with Crippen molar-refractivity contribution < 1.29 is 9.80 Å². The molecule has 0 saturated carbocycles. The van der Waals surface area contributed by atoms with Gasteiger partial charge in [-0.15, -0.1) is 0 Å². The Labute approximate surface area is 186 Å². The third-order valence-electron chi connectivity index (χ3n) is 6.67. The number of benzene rings is 3. The zero-order valence-corrected chi connectivity index (χ0v) is 18.5. The highest BCUT2D eigenvalue weighted by Crippen LogP contribution is 2.33. The normalized spacial score (nSPS) is 23.7. The van der Waals surface area contributed by atoms with E-state index in [9.17, 15) is 5.21 Å². The number of hydroxylamine groups is 2. The molecule has 31 heavy (non-hydrogen) atoms. The number of quaternary nitrogens is 1. The van der Waals surface area contributed by atoms with E-state index in [4.69, 9.17) is 4.74 Å². The van der Waals surface area contributed by atoms with Gasteiger partial charge in [-0.3, -0.25) is 0 Å². The van der Waals surface area contributed by atoms with Gasteiger partial charge in [0.1, 0.15) is 24.8 Å². The maximum atomic E-state index is 13.8. The van der Waals surface area contributed by atoms with E-state index >= 15 is 0 Å². The molecule has 1 aliphatic rings. The summed E-state index contributed by atoms with van der Waals surface area (Å²) in [5, 5.41) is 14.1. The standard InChI is InChI=1S/C28H33NO2/c1-3-22(4-2)25-17-11-12-21(18-25)19-26-20-31-28(24-15-9-6-10-16-24)27(29(26)30)23-13-7-5-8-14-23/h5-18,22,26-29H,3-4,19-20H2,1-2H3. The minimum atomic E-state index is -0.274. The van der Waals surface area contributed by atoms with Crippen LogP contribution in [0.2, 0.25) is 0 Å². The lowest BCUT2D eigenvalue weighted by Gasteiger charge is -2.46. The summed E-state index contributed by atoms with van der Waals surface area (Å²) >= 11 is 0. The fourth-order valence-corrected chi connectivity index (χ4v) is 4.91. The fourth-order valence-electron chi connectivity index (χ4n) is 4.91. The quantitative estimate of drug-likeness (QED) is 0.525. The van der Waals surface area contributed by atoms with Crippen LogP contribution in [0.3, 0.4) is 0 Å². The van der Waals surface area contributed by atoms with Gasteiger partial charge in [0.15, 0.2) is 0 Å². The van der Waals surface area contributed by atoms with Crippen LogP contribution in [0, 0.1) is 5.21 Å². The van der Waals surface area contributed by atoms with Crippen molar-refractivity contribution in [1.82, 2.24) is 0 Å². The molecule has 0 aromatic heterocycles. The van der Waals surface area contributed by atoms with E-state index in [-0.39, 0.29) is 18.2 Å². The number of rotatable bonds is 7. The molecule has 0 amide bonds. The molecule has 3 nitrogen and oxygen atoms in total. The summed E-state index contributed by atoms with van der Waals surface area (Å²) in [7, 11) is 0. The molecule has 0 radical (unpaired) electrons. The van der Waals surface area contributed by atoms with E-state index < -0.39 is 0 Å². The summed E-state index contributed by atoms with van der Waals surface area (Å²) in [5.74, 6) is 0.581. The van der Waals surface area contributed by atoms with Crippen LogP contribution in [0.4, 0.5) is 0 Å². The zero-order chi connectivity index (χ0) is 21.6. The van der Waals surface area contributed by atoms with E-state index in [1.807, 2.05) is 36.4 Å². The van der Waals surface area contributed by atoms with E-state index in [1.54, 1.807) is 0 Å². The predicted octanol–water partition coefficient (Wildman–Crippen LogP) is 5.40. The van der Waals surface area contributed by atoms with Crippen molar-refractivity contribution in [2.45, 2.75) is 57.2 Å². The third kappa shape index (κ3) is 4.90. The number of nitrogens with one attached hydrogen (secondary N) is 1. The summed E-state index contributed by atoms with van der Waals surface area (Å²) < 4.78 is 6.39. The molecule has 3 aromatic rings. The Kier molecular flexibility index (Phi) is 7.18. The van der Waals surface area contributed by atoms with Crippen molar-refractivity contribution in [3.8, 4) is 0 Å². The van der Waals surface area contributed by atoms with Crippen molar-refractivity contribution in [1.29, 1.82) is 0 Å². The van der Waals surface area contributed by atoms with E-state index in [1.165, 1.54) is 11.1 Å². The largest absolute Gasteiger partial charge is 0.634 e. The number of hydrogen-bond donors (Lipinski definition) is 1. The molecule has 0 bridgehead atoms. The van der Waals surface area contributed by atoms with Gasteiger partial charge in [-0.25, -0.2) is 0 Å². The highest BCUT2D eigenvalue weighted by molar-refractivity contribution is 5.28. The summed E-state index contributed by atoms with van der Waals surface area (Å²) in [6, 6.07) is 28.7. The van der Waals surface area contributed by atoms with E-state index in [0.717, 1.165) is 30.4 Å². The van der Waals surface area contributed by atoms with Gasteiger partial charge >= 0.3 is 0 Å². The Morgan fingerprint density at radius 3 is 2.16 bits per heavy atom. The second-order valence-corrected chi connectivity index (χ2v) is 8.61. The number of morpholine rings is 1. The first-order chi connectivity index (χ1) is 15.2. The van der Waals surface area contributed by atoms with Crippen LogP contribution in [-0.4, -0.2) is 12.6 Å². The minimum absolute atomic E-state index is 0.123. The topological polar surface area (TPSA) is 36.7 Å². The molecule has 1 fully saturated rings. The Morgan fingerprint density at radius 1 is 0.871 bits per heavy atom. The van der Waals surface area contributed by atoms with Gasteiger partial charge in [-0.1, -0.05) is 98.8 Å². The van der Waals surface area contributed by atoms with Crippen molar-refractivity contribution >= 4 is 0 Å². The van der Waals surface area contributed by atoms with Crippen LogP contribution in [0.25, 0.3) is 0 Å². The number of hydrogen-bond acceptors (Lipinski definition) is 2. The first kappa shape index (κ1) is 21.8. The summed E-state index contributed by atoms with van der Waals surface area (Å²) in [4.78, 5) is 0. The van der Waals surface area contributed by atoms with Gasteiger partial charge in [0, 0.05) is 12.0 Å². The predicted molar refractivity (Wildman–Crippen MR) is 126 cm³/mol. The molecule has 3 heteroatoms. The van der Waals surface area contributed by atoms with Crippen molar-refractivity contribution in [3.63, 3.8) is 0 Å². The molecule has 1 N–H and O–H groups in total. The Morgan fingerprint density at radius 2 is 1.52 bits per heavy atom. The maximum Gasteiger partial charge on any atom is 0.144 e. The van der Waals surface area contributed by atoms with Crippen LogP contribution >= 0.6 is 0 Å². The third-order valence-corrected chi connectivity index (χ3v) is 6.67. The van der Waals surface area contributed by atoms with Crippen LogP contribution in [0.15, 0.2) is 84.9 Å². The lowest BCUT2D eigenvalue weighted by molar-refractivity contribution is -0.923. The molecule has 4 atom stereocenters. The molecule has 0 aliphatic carbocycles. The highest BCUT2D eigenvalue weighted by Gasteiger charge is 2.39. The Bertz CT molecular complexity index is 939. The SMILES string of the molecule is CCC(CC)c1cccc(CC2COC(c3ccccc3)C(c3ccccc3)[NH+]2[O-])c1. The van der Waals surface area contributed by atoms with Gasteiger partial charge < -0.3 is 15.0 Å². The van der Waals surface area contributed by atoms with Gasteiger partial charge in [-0.2, -0.15) is 0 Å². The minimum Gasteiger partial charge on any atom is -0.634 e. The summed E-state index contributed by atoms with van der Waals surface area (Å²) in [6.45, 7) is 4.96. The highest BCUT2D eigenvalue weighted by atomic mass is 16.5. The van der Waals surface area contributed by atoms with Crippen LogP contribution in [-0.2, 0) is 11.2 Å². The molecule has 3 aromatic carbocycles. The zero-order valence-electron chi connectivity index (χ0n) is 18.5. The molecule has 0 spiro atoms. The summed E-state index contributed by atoms with van der Waals surface area (Å²) in [6.07, 6.45) is 2.78. The molecule has 4 rings (SSSR count). The monoisotopic (exact) mass is 415 g/mol. The smallest absolute Gasteiger partial charge is 0.144 e. The Hall–Kier alpha value is -2.46. The molecule has 1 aliphatic heterocycles. The molecule has 1 saturated heterocycles. The van der Waals surface area contributed by atoms with Crippen LogP contribution < -0.4 is 5.06 Å². The molecule has 162 valence electrons. The molecular formula is C28H33NO2. The van der Waals surface area contributed by atoms with E-state index in [0.29, 0.717) is 17.6 Å². The summed E-state index contributed by atoms with van der Waals surface area (Å²) in [5.41, 5.74) is 4.72. The average Bonchev–Trinajstić information content (AvgIpc) is 2.82. The fraction of sp³-hybridized carbons (Fsp3) is 0.357. The van der Waals surface area contributed by atoms with Gasteiger partial charge in [-0.05, 0) is 35.4 Å². The molecule has 1 heterocycles. The van der Waals surface area contributed by atoms with Gasteiger partial charge in [0.2, 0.25) is 0 Å². The molecular weight excluding hydrogens is 382 g/mol. The van der Waals surface area contributed by atoms with E-state index in [2.05, 4.69) is 62.4 Å².